The molecule has 0 aromatic carbocycles. The Labute approximate surface area is 151 Å². The van der Waals surface area contributed by atoms with Crippen molar-refractivity contribution in [2.24, 2.45) is 4.99 Å². The number of hydrogen-bond donors (Lipinski definition) is 2. The Morgan fingerprint density at radius 1 is 1.32 bits per heavy atom. The first kappa shape index (κ1) is 21.1. The van der Waals surface area contributed by atoms with Crippen LogP contribution in [0.4, 0.5) is 4.79 Å². The molecule has 144 valence electrons. The number of alkyl carbamates (subject to hydrolysis) is 1. The zero-order valence-electron chi connectivity index (χ0n) is 16.4. The number of hydrogen-bond acceptors (Lipinski definition) is 4. The van der Waals surface area contributed by atoms with Crippen LogP contribution in [0.1, 0.15) is 40.5 Å². The molecular formula is C17H33N5O3. The van der Waals surface area contributed by atoms with E-state index in [-0.39, 0.29) is 18.5 Å². The summed E-state index contributed by atoms with van der Waals surface area (Å²) >= 11 is 0. The van der Waals surface area contributed by atoms with Crippen LogP contribution >= 0.6 is 0 Å². The van der Waals surface area contributed by atoms with E-state index in [4.69, 9.17) is 4.74 Å². The summed E-state index contributed by atoms with van der Waals surface area (Å²) in [5.74, 6) is 0.670. The highest BCUT2D eigenvalue weighted by molar-refractivity contribution is 5.85. The van der Waals surface area contributed by atoms with Crippen LogP contribution in [0.25, 0.3) is 0 Å². The van der Waals surface area contributed by atoms with Gasteiger partial charge in [-0.1, -0.05) is 6.92 Å². The van der Waals surface area contributed by atoms with E-state index in [0.717, 1.165) is 25.9 Å². The van der Waals surface area contributed by atoms with E-state index in [2.05, 4.69) is 27.4 Å². The molecule has 0 bridgehead atoms. The van der Waals surface area contributed by atoms with Gasteiger partial charge in [-0.15, -0.1) is 0 Å². The first-order chi connectivity index (χ1) is 11.6. The van der Waals surface area contributed by atoms with Gasteiger partial charge in [-0.3, -0.25) is 4.79 Å². The normalized spacial score (nSPS) is 18.1. The maximum Gasteiger partial charge on any atom is 0.407 e. The van der Waals surface area contributed by atoms with Crippen molar-refractivity contribution >= 4 is 18.0 Å². The quantitative estimate of drug-likeness (QED) is 0.568. The molecule has 0 spiro atoms. The zero-order valence-corrected chi connectivity index (χ0v) is 16.4. The standard InChI is InChI=1S/C17H33N5O3/c1-7-9-18-15(19-11-14(23)21(5)6)22-10-8-13(12-22)20-16(24)25-17(2,3)4/h13H,7-12H2,1-6H3,(H,18,19)(H,20,24). The third kappa shape index (κ3) is 8.09. The van der Waals surface area contributed by atoms with Crippen molar-refractivity contribution in [3.63, 3.8) is 0 Å². The Balaban J connectivity index is 2.61. The van der Waals surface area contributed by atoms with Crippen LogP contribution in [0.15, 0.2) is 4.99 Å². The van der Waals surface area contributed by atoms with Crippen LogP contribution in [0.2, 0.25) is 0 Å². The van der Waals surface area contributed by atoms with Crippen LogP contribution < -0.4 is 10.6 Å². The second-order valence-electron chi connectivity index (χ2n) is 7.43. The van der Waals surface area contributed by atoms with Gasteiger partial charge in [0.1, 0.15) is 12.1 Å². The first-order valence-corrected chi connectivity index (χ1v) is 8.85. The number of likely N-dealkylation sites (N-methyl/N-ethyl adjacent to an activating group) is 1. The number of likely N-dealkylation sites (tertiary alicyclic amines) is 1. The molecule has 2 N–H and O–H groups in total. The van der Waals surface area contributed by atoms with Gasteiger partial charge >= 0.3 is 6.09 Å². The summed E-state index contributed by atoms with van der Waals surface area (Å²) in [4.78, 5) is 31.7. The van der Waals surface area contributed by atoms with Crippen LogP contribution in [0.5, 0.6) is 0 Å². The van der Waals surface area contributed by atoms with Gasteiger partial charge in [-0.05, 0) is 33.6 Å². The fourth-order valence-corrected chi connectivity index (χ4v) is 2.33. The Morgan fingerprint density at radius 3 is 2.56 bits per heavy atom. The van der Waals surface area contributed by atoms with Crippen molar-refractivity contribution in [1.82, 2.24) is 20.4 Å². The summed E-state index contributed by atoms with van der Waals surface area (Å²) in [5.41, 5.74) is -0.510. The fourth-order valence-electron chi connectivity index (χ4n) is 2.33. The van der Waals surface area contributed by atoms with Crippen molar-refractivity contribution in [1.29, 1.82) is 0 Å². The molecule has 1 aliphatic rings. The van der Waals surface area contributed by atoms with Crippen molar-refractivity contribution < 1.29 is 14.3 Å². The highest BCUT2D eigenvalue weighted by Gasteiger charge is 2.28. The van der Waals surface area contributed by atoms with Crippen LogP contribution in [-0.4, -0.2) is 79.7 Å². The minimum atomic E-state index is -0.510. The Morgan fingerprint density at radius 2 is 2.00 bits per heavy atom. The predicted molar refractivity (Wildman–Crippen MR) is 98.6 cm³/mol. The topological polar surface area (TPSA) is 86.3 Å². The molecular weight excluding hydrogens is 322 g/mol. The third-order valence-corrected chi connectivity index (χ3v) is 3.60. The van der Waals surface area contributed by atoms with Crippen LogP contribution in [0, 0.1) is 0 Å². The molecule has 1 unspecified atom stereocenters. The van der Waals surface area contributed by atoms with Gasteiger partial charge < -0.3 is 25.2 Å². The molecule has 1 saturated heterocycles. The fraction of sp³-hybridized carbons (Fsp3) is 0.824. The molecule has 25 heavy (non-hydrogen) atoms. The van der Waals surface area contributed by atoms with E-state index in [1.165, 1.54) is 4.90 Å². The largest absolute Gasteiger partial charge is 0.444 e. The lowest BCUT2D eigenvalue weighted by Crippen LogP contribution is -2.44. The van der Waals surface area contributed by atoms with Gasteiger partial charge in [-0.25, -0.2) is 9.79 Å². The number of nitrogens with zero attached hydrogens (tertiary/aromatic N) is 3. The lowest BCUT2D eigenvalue weighted by molar-refractivity contribution is -0.127. The number of carbonyl (C=O) groups excluding carboxylic acids is 2. The smallest absolute Gasteiger partial charge is 0.407 e. The summed E-state index contributed by atoms with van der Waals surface area (Å²) in [6, 6.07) is 0.00743. The second-order valence-corrected chi connectivity index (χ2v) is 7.43. The molecule has 1 atom stereocenters. The van der Waals surface area contributed by atoms with E-state index >= 15 is 0 Å². The molecule has 0 saturated carbocycles. The number of amides is 2. The molecule has 0 aromatic rings. The number of carbonyl (C=O) groups is 2. The van der Waals surface area contributed by atoms with Gasteiger partial charge in [0, 0.05) is 33.7 Å². The van der Waals surface area contributed by atoms with E-state index in [1.54, 1.807) is 14.1 Å². The molecule has 1 rings (SSSR count). The Hall–Kier alpha value is -1.99. The molecule has 8 nitrogen and oxygen atoms in total. The number of aliphatic imine (C=N–C) groups is 1. The summed E-state index contributed by atoms with van der Waals surface area (Å²) in [5, 5.41) is 6.18. The molecule has 0 aliphatic carbocycles. The van der Waals surface area contributed by atoms with Gasteiger partial charge in [0.05, 0.1) is 6.04 Å². The molecule has 1 fully saturated rings. The maximum absolute atomic E-state index is 11.9. The monoisotopic (exact) mass is 355 g/mol. The SMILES string of the molecule is CCCNC(=NCC(=O)N(C)C)N1CCC(NC(=O)OC(C)(C)C)C1. The Kier molecular flexibility index (Phi) is 7.99. The zero-order chi connectivity index (χ0) is 19.0. The van der Waals surface area contributed by atoms with Crippen LogP contribution in [0.3, 0.4) is 0 Å². The highest BCUT2D eigenvalue weighted by atomic mass is 16.6. The predicted octanol–water partition coefficient (Wildman–Crippen LogP) is 1.03. The van der Waals surface area contributed by atoms with E-state index in [0.29, 0.717) is 12.5 Å². The van der Waals surface area contributed by atoms with Gasteiger partial charge in [0.15, 0.2) is 5.96 Å². The summed E-state index contributed by atoms with van der Waals surface area (Å²) in [6.07, 6.45) is 1.38. The van der Waals surface area contributed by atoms with Crippen molar-refractivity contribution in [3.8, 4) is 0 Å². The summed E-state index contributed by atoms with van der Waals surface area (Å²) in [7, 11) is 3.43. The van der Waals surface area contributed by atoms with Crippen molar-refractivity contribution in [2.75, 3.05) is 40.3 Å². The first-order valence-electron chi connectivity index (χ1n) is 8.85. The van der Waals surface area contributed by atoms with E-state index < -0.39 is 11.7 Å². The Bertz CT molecular complexity index is 485. The molecule has 0 aromatic heterocycles. The molecule has 0 radical (unpaired) electrons. The maximum atomic E-state index is 11.9. The molecule has 2 amide bonds. The minimum absolute atomic E-state index is 0.00743. The highest BCUT2D eigenvalue weighted by Crippen LogP contribution is 2.12. The summed E-state index contributed by atoms with van der Waals surface area (Å²) < 4.78 is 5.30. The third-order valence-electron chi connectivity index (χ3n) is 3.60. The number of rotatable bonds is 5. The lowest BCUT2D eigenvalue weighted by atomic mass is 10.2. The second kappa shape index (κ2) is 9.48. The van der Waals surface area contributed by atoms with Gasteiger partial charge in [0.2, 0.25) is 5.91 Å². The van der Waals surface area contributed by atoms with Gasteiger partial charge in [-0.2, -0.15) is 0 Å². The molecule has 1 heterocycles. The van der Waals surface area contributed by atoms with Crippen molar-refractivity contribution in [3.05, 3.63) is 0 Å². The average Bonchev–Trinajstić information content (AvgIpc) is 2.93. The number of nitrogens with one attached hydrogen (secondary N) is 2. The van der Waals surface area contributed by atoms with E-state index in [1.807, 2.05) is 20.8 Å². The van der Waals surface area contributed by atoms with Gasteiger partial charge in [0.25, 0.3) is 0 Å². The number of ether oxygens (including phenoxy) is 1. The van der Waals surface area contributed by atoms with Crippen LogP contribution in [-0.2, 0) is 9.53 Å². The minimum Gasteiger partial charge on any atom is -0.444 e. The molecule has 8 heteroatoms. The number of guanidine groups is 1. The van der Waals surface area contributed by atoms with E-state index in [9.17, 15) is 9.59 Å². The average molecular weight is 355 g/mol. The van der Waals surface area contributed by atoms with Crippen molar-refractivity contribution in [2.45, 2.75) is 52.2 Å². The summed E-state index contributed by atoms with van der Waals surface area (Å²) in [6.45, 7) is 9.91. The lowest BCUT2D eigenvalue weighted by Gasteiger charge is -2.23. The molecule has 1 aliphatic heterocycles.